The van der Waals surface area contributed by atoms with Gasteiger partial charge in [-0.1, -0.05) is 48.5 Å². The third kappa shape index (κ3) is 4.44. The SMILES string of the molecule is CC(C)N(C)Cc1ccccc1CNC(=O)NC1CCc2ccccc21. The first-order valence-corrected chi connectivity index (χ1v) is 9.43. The van der Waals surface area contributed by atoms with E-state index in [1.807, 2.05) is 12.1 Å². The molecule has 1 aliphatic carbocycles. The Labute approximate surface area is 156 Å². The van der Waals surface area contributed by atoms with Gasteiger partial charge in [0.2, 0.25) is 0 Å². The highest BCUT2D eigenvalue weighted by Gasteiger charge is 2.23. The molecule has 1 atom stereocenters. The van der Waals surface area contributed by atoms with Crippen LogP contribution in [0.2, 0.25) is 0 Å². The van der Waals surface area contributed by atoms with E-state index in [2.05, 4.69) is 72.8 Å². The van der Waals surface area contributed by atoms with E-state index in [4.69, 9.17) is 0 Å². The molecule has 0 spiro atoms. The summed E-state index contributed by atoms with van der Waals surface area (Å²) in [7, 11) is 2.12. The summed E-state index contributed by atoms with van der Waals surface area (Å²) < 4.78 is 0. The number of aryl methyl sites for hydroxylation is 1. The van der Waals surface area contributed by atoms with Gasteiger partial charge in [0, 0.05) is 19.1 Å². The van der Waals surface area contributed by atoms with Crippen molar-refractivity contribution in [3.05, 3.63) is 70.8 Å². The van der Waals surface area contributed by atoms with Crippen molar-refractivity contribution in [2.45, 2.75) is 51.9 Å². The van der Waals surface area contributed by atoms with E-state index in [-0.39, 0.29) is 12.1 Å². The number of carbonyl (C=O) groups is 1. The summed E-state index contributed by atoms with van der Waals surface area (Å²) in [6.45, 7) is 5.80. The molecule has 0 radical (unpaired) electrons. The minimum Gasteiger partial charge on any atom is -0.334 e. The minimum absolute atomic E-state index is 0.0984. The predicted octanol–water partition coefficient (Wildman–Crippen LogP) is 4.01. The van der Waals surface area contributed by atoms with Crippen LogP contribution in [0.5, 0.6) is 0 Å². The fourth-order valence-electron chi connectivity index (χ4n) is 3.43. The lowest BCUT2D eigenvalue weighted by atomic mass is 10.1. The molecule has 26 heavy (non-hydrogen) atoms. The second kappa shape index (κ2) is 8.37. The van der Waals surface area contributed by atoms with Crippen LogP contribution < -0.4 is 10.6 Å². The van der Waals surface area contributed by atoms with Crippen LogP contribution in [0, 0.1) is 0 Å². The van der Waals surface area contributed by atoms with Crippen LogP contribution in [-0.4, -0.2) is 24.0 Å². The zero-order valence-electron chi connectivity index (χ0n) is 16.0. The summed E-state index contributed by atoms with van der Waals surface area (Å²) in [5.74, 6) is 0. The molecule has 4 nitrogen and oxygen atoms in total. The van der Waals surface area contributed by atoms with Crippen LogP contribution in [0.1, 0.15) is 48.6 Å². The lowest BCUT2D eigenvalue weighted by Gasteiger charge is -2.23. The second-order valence-corrected chi connectivity index (χ2v) is 7.39. The number of urea groups is 1. The summed E-state index contributed by atoms with van der Waals surface area (Å²) in [4.78, 5) is 14.7. The van der Waals surface area contributed by atoms with Crippen molar-refractivity contribution in [1.82, 2.24) is 15.5 Å². The summed E-state index contributed by atoms with van der Waals surface area (Å²) in [6.07, 6.45) is 2.01. The number of amides is 2. The molecule has 3 rings (SSSR count). The van der Waals surface area contributed by atoms with Gasteiger partial charge in [0.1, 0.15) is 0 Å². The van der Waals surface area contributed by atoms with Gasteiger partial charge in [-0.3, -0.25) is 4.90 Å². The first-order valence-electron chi connectivity index (χ1n) is 9.43. The van der Waals surface area contributed by atoms with Gasteiger partial charge in [-0.05, 0) is 56.0 Å². The standard InChI is InChI=1S/C22H29N3O/c1-16(2)25(3)15-19-10-5-4-9-18(19)14-23-22(26)24-21-13-12-17-8-6-7-11-20(17)21/h4-11,16,21H,12-15H2,1-3H3,(H2,23,24,26). The molecular formula is C22H29N3O. The molecule has 2 aromatic rings. The van der Waals surface area contributed by atoms with Crippen LogP contribution in [0.4, 0.5) is 4.79 Å². The minimum atomic E-state index is -0.0984. The molecule has 0 saturated carbocycles. The van der Waals surface area contributed by atoms with Crippen molar-refractivity contribution >= 4 is 6.03 Å². The number of hydrogen-bond acceptors (Lipinski definition) is 2. The first-order chi connectivity index (χ1) is 12.5. The topological polar surface area (TPSA) is 44.4 Å². The van der Waals surface area contributed by atoms with Crippen molar-refractivity contribution in [2.75, 3.05) is 7.05 Å². The maximum Gasteiger partial charge on any atom is 0.315 e. The Kier molecular flexibility index (Phi) is 5.94. The zero-order valence-corrected chi connectivity index (χ0v) is 16.0. The molecular weight excluding hydrogens is 322 g/mol. The van der Waals surface area contributed by atoms with Gasteiger partial charge in [0.25, 0.3) is 0 Å². The maximum atomic E-state index is 12.4. The Bertz CT molecular complexity index is 757. The second-order valence-electron chi connectivity index (χ2n) is 7.39. The van der Waals surface area contributed by atoms with E-state index in [0.29, 0.717) is 12.6 Å². The normalized spacial score (nSPS) is 16.0. The van der Waals surface area contributed by atoms with E-state index in [9.17, 15) is 4.79 Å². The van der Waals surface area contributed by atoms with Crippen molar-refractivity contribution in [3.8, 4) is 0 Å². The Morgan fingerprint density at radius 1 is 1.12 bits per heavy atom. The van der Waals surface area contributed by atoms with E-state index < -0.39 is 0 Å². The highest BCUT2D eigenvalue weighted by atomic mass is 16.2. The van der Waals surface area contributed by atoms with Crippen molar-refractivity contribution in [1.29, 1.82) is 0 Å². The molecule has 4 heteroatoms. The van der Waals surface area contributed by atoms with Gasteiger partial charge >= 0.3 is 6.03 Å². The van der Waals surface area contributed by atoms with Crippen LogP contribution >= 0.6 is 0 Å². The highest BCUT2D eigenvalue weighted by Crippen LogP contribution is 2.30. The number of fused-ring (bicyclic) bond motifs is 1. The van der Waals surface area contributed by atoms with E-state index in [1.54, 1.807) is 0 Å². The Hall–Kier alpha value is -2.33. The molecule has 1 aliphatic rings. The number of hydrogen-bond donors (Lipinski definition) is 2. The number of carbonyl (C=O) groups excluding carboxylic acids is 1. The Balaban J connectivity index is 1.57. The van der Waals surface area contributed by atoms with E-state index >= 15 is 0 Å². The fourth-order valence-corrected chi connectivity index (χ4v) is 3.43. The summed E-state index contributed by atoms with van der Waals surface area (Å²) >= 11 is 0. The van der Waals surface area contributed by atoms with E-state index in [1.165, 1.54) is 22.3 Å². The molecule has 0 aromatic heterocycles. The number of rotatable bonds is 6. The van der Waals surface area contributed by atoms with Gasteiger partial charge in [-0.25, -0.2) is 4.79 Å². The smallest absolute Gasteiger partial charge is 0.315 e. The van der Waals surface area contributed by atoms with Crippen LogP contribution in [0.25, 0.3) is 0 Å². The molecule has 0 heterocycles. The maximum absolute atomic E-state index is 12.4. The largest absolute Gasteiger partial charge is 0.334 e. The van der Waals surface area contributed by atoms with Gasteiger partial charge < -0.3 is 10.6 Å². The molecule has 0 saturated heterocycles. The molecule has 2 amide bonds. The third-order valence-electron chi connectivity index (χ3n) is 5.30. The van der Waals surface area contributed by atoms with Crippen molar-refractivity contribution in [2.24, 2.45) is 0 Å². The quantitative estimate of drug-likeness (QED) is 0.826. The van der Waals surface area contributed by atoms with E-state index in [0.717, 1.165) is 19.4 Å². The summed E-state index contributed by atoms with van der Waals surface area (Å²) in [6, 6.07) is 17.2. The third-order valence-corrected chi connectivity index (χ3v) is 5.30. The monoisotopic (exact) mass is 351 g/mol. The zero-order chi connectivity index (χ0) is 18.5. The molecule has 2 N–H and O–H groups in total. The molecule has 0 fully saturated rings. The lowest BCUT2D eigenvalue weighted by molar-refractivity contribution is 0.236. The number of benzene rings is 2. The van der Waals surface area contributed by atoms with Crippen LogP contribution in [0.15, 0.2) is 48.5 Å². The van der Waals surface area contributed by atoms with Gasteiger partial charge in [0.15, 0.2) is 0 Å². The average molecular weight is 351 g/mol. The number of nitrogens with one attached hydrogen (secondary N) is 2. The van der Waals surface area contributed by atoms with Crippen LogP contribution in [0.3, 0.4) is 0 Å². The molecule has 1 unspecified atom stereocenters. The predicted molar refractivity (Wildman–Crippen MR) is 106 cm³/mol. The molecule has 2 aromatic carbocycles. The summed E-state index contributed by atoms with van der Waals surface area (Å²) in [5, 5.41) is 6.15. The van der Waals surface area contributed by atoms with Crippen LogP contribution in [-0.2, 0) is 19.5 Å². The highest BCUT2D eigenvalue weighted by molar-refractivity contribution is 5.74. The average Bonchev–Trinajstić information content (AvgIpc) is 3.04. The number of nitrogens with zero attached hydrogens (tertiary/aromatic N) is 1. The van der Waals surface area contributed by atoms with Crippen molar-refractivity contribution in [3.63, 3.8) is 0 Å². The summed E-state index contributed by atoms with van der Waals surface area (Å²) in [5.41, 5.74) is 5.03. The lowest BCUT2D eigenvalue weighted by Crippen LogP contribution is -2.37. The van der Waals surface area contributed by atoms with Gasteiger partial charge in [-0.2, -0.15) is 0 Å². The van der Waals surface area contributed by atoms with Gasteiger partial charge in [0.05, 0.1) is 6.04 Å². The Morgan fingerprint density at radius 2 is 1.81 bits per heavy atom. The fraction of sp³-hybridized carbons (Fsp3) is 0.409. The Morgan fingerprint density at radius 3 is 2.58 bits per heavy atom. The molecule has 138 valence electrons. The van der Waals surface area contributed by atoms with Crippen molar-refractivity contribution < 1.29 is 4.79 Å². The van der Waals surface area contributed by atoms with Gasteiger partial charge in [-0.15, -0.1) is 0 Å². The first kappa shape index (κ1) is 18.5. The molecule has 0 bridgehead atoms. The molecule has 0 aliphatic heterocycles.